The van der Waals surface area contributed by atoms with Gasteiger partial charge in [0.05, 0.1) is 5.71 Å². The second kappa shape index (κ2) is 5.18. The summed E-state index contributed by atoms with van der Waals surface area (Å²) in [5.74, 6) is 0.688. The summed E-state index contributed by atoms with van der Waals surface area (Å²) < 4.78 is 0. The van der Waals surface area contributed by atoms with E-state index in [1.54, 1.807) is 6.20 Å². The number of rotatable bonds is 2. The van der Waals surface area contributed by atoms with E-state index in [0.29, 0.717) is 5.95 Å². The smallest absolute Gasteiger partial charge is 0.231 e. The Kier molecular flexibility index (Phi) is 3.23. The lowest BCUT2D eigenvalue weighted by Gasteiger charge is -2.23. The van der Waals surface area contributed by atoms with Gasteiger partial charge in [-0.25, -0.2) is 15.0 Å². The van der Waals surface area contributed by atoms with Crippen LogP contribution in [0.5, 0.6) is 0 Å². The van der Waals surface area contributed by atoms with Crippen LogP contribution < -0.4 is 5.01 Å². The second-order valence-electron chi connectivity index (χ2n) is 4.64. The molecule has 1 aliphatic rings. The Hall–Kier alpha value is -2.23. The van der Waals surface area contributed by atoms with Gasteiger partial charge >= 0.3 is 0 Å². The van der Waals surface area contributed by atoms with Gasteiger partial charge in [0.1, 0.15) is 0 Å². The molecule has 0 amide bonds. The average molecular weight is 252 g/mol. The molecule has 0 atom stereocenters. The molecule has 19 heavy (non-hydrogen) atoms. The highest BCUT2D eigenvalue weighted by molar-refractivity contribution is 6.01. The maximum absolute atomic E-state index is 4.69. The summed E-state index contributed by atoms with van der Waals surface area (Å²) in [6, 6.07) is 12.2. The van der Waals surface area contributed by atoms with Crippen LogP contribution in [0, 0.1) is 6.92 Å². The molecule has 0 N–H and O–H groups in total. The largest absolute Gasteiger partial charge is 0.246 e. The van der Waals surface area contributed by atoms with Crippen molar-refractivity contribution >= 4 is 11.7 Å². The first-order chi connectivity index (χ1) is 9.33. The molecule has 0 spiro atoms. The van der Waals surface area contributed by atoms with Crippen LogP contribution in [0.4, 0.5) is 5.95 Å². The predicted molar refractivity (Wildman–Crippen MR) is 76.3 cm³/mol. The number of hydrogen-bond donors (Lipinski definition) is 0. The van der Waals surface area contributed by atoms with Crippen LogP contribution in [-0.2, 0) is 0 Å². The molecule has 1 aliphatic heterocycles. The highest BCUT2D eigenvalue weighted by atomic mass is 15.5. The number of aromatic nitrogens is 2. The zero-order valence-electron chi connectivity index (χ0n) is 11.0. The number of anilines is 1. The van der Waals surface area contributed by atoms with Gasteiger partial charge in [-0.15, -0.1) is 0 Å². The summed E-state index contributed by atoms with van der Waals surface area (Å²) in [4.78, 5) is 8.73. The summed E-state index contributed by atoms with van der Waals surface area (Å²) >= 11 is 0. The van der Waals surface area contributed by atoms with Crippen molar-refractivity contribution in [1.82, 2.24) is 9.97 Å². The lowest BCUT2D eigenvalue weighted by atomic mass is 10.0. The minimum absolute atomic E-state index is 0.688. The van der Waals surface area contributed by atoms with Crippen molar-refractivity contribution < 1.29 is 0 Å². The van der Waals surface area contributed by atoms with Crippen LogP contribution in [0.15, 0.2) is 47.7 Å². The maximum Gasteiger partial charge on any atom is 0.246 e. The quantitative estimate of drug-likeness (QED) is 0.825. The summed E-state index contributed by atoms with van der Waals surface area (Å²) in [6.45, 7) is 2.84. The van der Waals surface area contributed by atoms with Gasteiger partial charge in [0.15, 0.2) is 0 Å². The van der Waals surface area contributed by atoms with Crippen LogP contribution in [0.25, 0.3) is 0 Å². The molecule has 0 saturated heterocycles. The molecule has 4 nitrogen and oxygen atoms in total. The van der Waals surface area contributed by atoms with Crippen molar-refractivity contribution in [3.8, 4) is 0 Å². The topological polar surface area (TPSA) is 41.4 Å². The monoisotopic (exact) mass is 252 g/mol. The first kappa shape index (κ1) is 11.8. The third kappa shape index (κ3) is 2.62. The lowest BCUT2D eigenvalue weighted by Crippen LogP contribution is -2.27. The number of hydrogen-bond acceptors (Lipinski definition) is 4. The third-order valence-corrected chi connectivity index (χ3v) is 3.14. The summed E-state index contributed by atoms with van der Waals surface area (Å²) in [5, 5.41) is 6.59. The zero-order valence-corrected chi connectivity index (χ0v) is 11.0. The van der Waals surface area contributed by atoms with E-state index in [1.807, 2.05) is 36.2 Å². The third-order valence-electron chi connectivity index (χ3n) is 3.14. The molecule has 4 heteroatoms. The lowest BCUT2D eigenvalue weighted by molar-refractivity contribution is 0.717. The maximum atomic E-state index is 4.69. The average Bonchev–Trinajstić information content (AvgIpc) is 2.48. The molecular formula is C15H16N4. The van der Waals surface area contributed by atoms with Gasteiger partial charge in [0, 0.05) is 18.4 Å². The normalized spacial score (nSPS) is 15.2. The molecule has 3 rings (SSSR count). The van der Waals surface area contributed by atoms with Gasteiger partial charge < -0.3 is 0 Å². The molecular weight excluding hydrogens is 236 g/mol. The first-order valence-electron chi connectivity index (χ1n) is 6.53. The van der Waals surface area contributed by atoms with E-state index in [1.165, 1.54) is 5.56 Å². The molecule has 0 unspecified atom stereocenters. The summed E-state index contributed by atoms with van der Waals surface area (Å²) in [7, 11) is 0. The molecule has 0 bridgehead atoms. The van der Waals surface area contributed by atoms with Crippen LogP contribution in [0.2, 0.25) is 0 Å². The van der Waals surface area contributed by atoms with Gasteiger partial charge in [0.25, 0.3) is 0 Å². The van der Waals surface area contributed by atoms with E-state index in [9.17, 15) is 0 Å². The number of hydrazone groups is 1. The molecule has 96 valence electrons. The minimum Gasteiger partial charge on any atom is -0.231 e. The highest BCUT2D eigenvalue weighted by Gasteiger charge is 2.16. The first-order valence-corrected chi connectivity index (χ1v) is 6.53. The van der Waals surface area contributed by atoms with E-state index in [0.717, 1.165) is 30.8 Å². The van der Waals surface area contributed by atoms with Crippen molar-refractivity contribution in [2.45, 2.75) is 19.8 Å². The van der Waals surface area contributed by atoms with Crippen molar-refractivity contribution in [3.05, 3.63) is 53.9 Å². The SMILES string of the molecule is Cc1ccnc(N2CCCC(c3ccccc3)=N2)n1. The Morgan fingerprint density at radius 1 is 1.11 bits per heavy atom. The molecule has 0 aliphatic carbocycles. The minimum atomic E-state index is 0.688. The fourth-order valence-corrected chi connectivity index (χ4v) is 2.18. The highest BCUT2D eigenvalue weighted by Crippen LogP contribution is 2.17. The van der Waals surface area contributed by atoms with E-state index in [2.05, 4.69) is 27.2 Å². The fourth-order valence-electron chi connectivity index (χ4n) is 2.18. The van der Waals surface area contributed by atoms with E-state index < -0.39 is 0 Å². The number of benzene rings is 1. The summed E-state index contributed by atoms with van der Waals surface area (Å²) in [6.07, 6.45) is 3.86. The summed E-state index contributed by atoms with van der Waals surface area (Å²) in [5.41, 5.74) is 3.25. The van der Waals surface area contributed by atoms with Crippen molar-refractivity contribution in [2.24, 2.45) is 5.10 Å². The van der Waals surface area contributed by atoms with E-state index >= 15 is 0 Å². The standard InChI is InChI=1S/C15H16N4/c1-12-9-10-16-15(17-12)19-11-5-8-14(18-19)13-6-3-2-4-7-13/h2-4,6-7,9-10H,5,8,11H2,1H3. The Morgan fingerprint density at radius 2 is 1.95 bits per heavy atom. The van der Waals surface area contributed by atoms with Gasteiger partial charge in [-0.2, -0.15) is 5.10 Å². The molecule has 2 aromatic rings. The second-order valence-corrected chi connectivity index (χ2v) is 4.64. The fraction of sp³-hybridized carbons (Fsp3) is 0.267. The molecule has 1 aromatic carbocycles. The van der Waals surface area contributed by atoms with Crippen LogP contribution in [0.1, 0.15) is 24.1 Å². The Balaban J connectivity index is 1.92. The zero-order chi connectivity index (χ0) is 13.1. The predicted octanol–water partition coefficient (Wildman–Crippen LogP) is 2.79. The molecule has 0 fully saturated rings. The van der Waals surface area contributed by atoms with E-state index in [-0.39, 0.29) is 0 Å². The number of nitrogens with zero attached hydrogens (tertiary/aromatic N) is 4. The van der Waals surface area contributed by atoms with Crippen molar-refractivity contribution in [3.63, 3.8) is 0 Å². The van der Waals surface area contributed by atoms with Crippen LogP contribution in [-0.4, -0.2) is 22.2 Å². The van der Waals surface area contributed by atoms with Gasteiger partial charge in [0.2, 0.25) is 5.95 Å². The van der Waals surface area contributed by atoms with Gasteiger partial charge in [-0.1, -0.05) is 30.3 Å². The number of aryl methyl sites for hydroxylation is 1. The Morgan fingerprint density at radius 3 is 2.74 bits per heavy atom. The van der Waals surface area contributed by atoms with Crippen LogP contribution in [0.3, 0.4) is 0 Å². The molecule has 1 aromatic heterocycles. The molecule has 0 radical (unpaired) electrons. The van der Waals surface area contributed by atoms with Crippen molar-refractivity contribution in [1.29, 1.82) is 0 Å². The molecule has 0 saturated carbocycles. The Labute approximate surface area is 112 Å². The van der Waals surface area contributed by atoms with E-state index in [4.69, 9.17) is 0 Å². The Bertz CT molecular complexity index is 592. The van der Waals surface area contributed by atoms with Gasteiger partial charge in [-0.3, -0.25) is 0 Å². The van der Waals surface area contributed by atoms with Crippen LogP contribution >= 0.6 is 0 Å². The van der Waals surface area contributed by atoms with Crippen molar-refractivity contribution in [2.75, 3.05) is 11.6 Å². The molecule has 2 heterocycles. The van der Waals surface area contributed by atoms with Gasteiger partial charge in [-0.05, 0) is 31.4 Å².